The van der Waals surface area contributed by atoms with Crippen molar-refractivity contribution in [3.05, 3.63) is 35.6 Å². The summed E-state index contributed by atoms with van der Waals surface area (Å²) in [7, 11) is 0. The molecule has 5 unspecified atom stereocenters. The monoisotopic (exact) mass is 521 g/mol. The van der Waals surface area contributed by atoms with Gasteiger partial charge in [-0.1, -0.05) is 37.6 Å². The van der Waals surface area contributed by atoms with Crippen LogP contribution < -0.4 is 16.4 Å². The molecular weight excluding hydrogens is 490 g/mol. The highest BCUT2D eigenvalue weighted by molar-refractivity contribution is 8.01. The van der Waals surface area contributed by atoms with Crippen molar-refractivity contribution >= 4 is 41.5 Å². The van der Waals surface area contributed by atoms with Crippen LogP contribution in [-0.2, 0) is 28.7 Å². The number of amides is 2. The number of aliphatic carboxylic acids is 2. The molecule has 1 aliphatic heterocycles. The van der Waals surface area contributed by atoms with Gasteiger partial charge in [-0.2, -0.15) is 0 Å². The molecule has 0 saturated carbocycles. The number of rotatable bonds is 13. The summed E-state index contributed by atoms with van der Waals surface area (Å²) in [6, 6.07) is -2.33. The maximum Gasteiger partial charge on any atom is 0.322 e. The molecule has 11 nitrogen and oxygen atoms in total. The van der Waals surface area contributed by atoms with Gasteiger partial charge in [-0.05, 0) is 24.8 Å². The third kappa shape index (κ3) is 6.16. The first-order valence-corrected chi connectivity index (χ1v) is 12.8. The summed E-state index contributed by atoms with van der Waals surface area (Å²) in [4.78, 5) is 59.7. The van der Waals surface area contributed by atoms with E-state index in [1.165, 1.54) is 11.8 Å². The van der Waals surface area contributed by atoms with Gasteiger partial charge in [-0.15, -0.1) is 11.8 Å². The molecule has 196 valence electrons. The fourth-order valence-corrected chi connectivity index (χ4v) is 6.07. The van der Waals surface area contributed by atoms with E-state index in [0.717, 1.165) is 18.4 Å². The van der Waals surface area contributed by atoms with Gasteiger partial charge in [0.05, 0.1) is 4.75 Å². The summed E-state index contributed by atoms with van der Waals surface area (Å²) in [6.07, 6.45) is 9.69. The van der Waals surface area contributed by atoms with Crippen LogP contribution in [0.3, 0.4) is 0 Å². The van der Waals surface area contributed by atoms with Gasteiger partial charge in [0.2, 0.25) is 11.8 Å². The fourth-order valence-electron chi connectivity index (χ4n) is 4.55. The first-order valence-electron chi connectivity index (χ1n) is 11.8. The zero-order valence-electron chi connectivity index (χ0n) is 19.9. The van der Waals surface area contributed by atoms with Crippen LogP contribution in [0.2, 0.25) is 0 Å². The zero-order valence-corrected chi connectivity index (χ0v) is 20.7. The molecule has 1 heterocycles. The normalized spacial score (nSPS) is 25.6. The fraction of sp³-hybridized carbons (Fsp3) is 0.542. The average molecular weight is 522 g/mol. The Hall–Kier alpha value is -3.12. The van der Waals surface area contributed by atoms with E-state index in [1.807, 2.05) is 25.2 Å². The van der Waals surface area contributed by atoms with Crippen LogP contribution in [0.5, 0.6) is 0 Å². The van der Waals surface area contributed by atoms with Crippen LogP contribution in [0.25, 0.3) is 0 Å². The Morgan fingerprint density at radius 3 is 2.69 bits per heavy atom. The summed E-state index contributed by atoms with van der Waals surface area (Å²) < 4.78 is 5.05. The summed E-state index contributed by atoms with van der Waals surface area (Å²) in [5.74, 6) is -3.79. The van der Waals surface area contributed by atoms with Crippen molar-refractivity contribution in [2.24, 2.45) is 17.6 Å². The first-order chi connectivity index (χ1) is 17.1. The molecule has 3 rings (SSSR count). The van der Waals surface area contributed by atoms with E-state index in [-0.39, 0.29) is 30.5 Å². The number of ether oxygens (including phenoxy) is 1. The van der Waals surface area contributed by atoms with Crippen molar-refractivity contribution < 1.29 is 38.9 Å². The molecule has 0 aromatic carbocycles. The van der Waals surface area contributed by atoms with Gasteiger partial charge in [0, 0.05) is 18.1 Å². The zero-order chi connectivity index (χ0) is 26.5. The van der Waals surface area contributed by atoms with Crippen LogP contribution in [-0.4, -0.2) is 69.1 Å². The molecule has 0 radical (unpaired) electrons. The lowest BCUT2D eigenvalue weighted by atomic mass is 9.75. The predicted molar refractivity (Wildman–Crippen MR) is 131 cm³/mol. The lowest BCUT2D eigenvalue weighted by molar-refractivity contribution is -0.140. The Labute approximate surface area is 212 Å². The molecule has 0 spiro atoms. The van der Waals surface area contributed by atoms with E-state index < -0.39 is 53.0 Å². The van der Waals surface area contributed by atoms with E-state index in [4.69, 9.17) is 20.7 Å². The van der Waals surface area contributed by atoms with Gasteiger partial charge >= 0.3 is 17.9 Å². The number of thioether (sulfide) groups is 1. The molecule has 3 aliphatic rings. The molecule has 0 bridgehead atoms. The topological polar surface area (TPSA) is 185 Å². The molecule has 0 fully saturated rings. The third-order valence-corrected chi connectivity index (χ3v) is 7.89. The van der Waals surface area contributed by atoms with Crippen molar-refractivity contribution in [2.45, 2.75) is 55.9 Å². The van der Waals surface area contributed by atoms with Gasteiger partial charge in [0.1, 0.15) is 30.3 Å². The van der Waals surface area contributed by atoms with E-state index in [0.29, 0.717) is 12.2 Å². The third-order valence-electron chi connectivity index (χ3n) is 6.35. The van der Waals surface area contributed by atoms with Gasteiger partial charge in [0.15, 0.2) is 0 Å². The van der Waals surface area contributed by atoms with Crippen molar-refractivity contribution in [1.29, 1.82) is 0 Å². The van der Waals surface area contributed by atoms with Crippen LogP contribution in [0.4, 0.5) is 0 Å². The van der Waals surface area contributed by atoms with Crippen molar-refractivity contribution in [2.75, 3.05) is 12.3 Å². The van der Waals surface area contributed by atoms with E-state index in [2.05, 4.69) is 16.7 Å². The summed E-state index contributed by atoms with van der Waals surface area (Å²) >= 11 is 1.34. The molecule has 36 heavy (non-hydrogen) atoms. The minimum absolute atomic E-state index is 0.0615. The predicted octanol–water partition coefficient (Wildman–Crippen LogP) is 0.709. The highest BCUT2D eigenvalue weighted by Crippen LogP contribution is 2.52. The molecule has 5 atom stereocenters. The molecule has 0 saturated heterocycles. The molecular formula is C24H31N3O8S. The second kappa shape index (κ2) is 11.7. The second-order valence-corrected chi connectivity index (χ2v) is 10.3. The van der Waals surface area contributed by atoms with Crippen molar-refractivity contribution in [3.8, 4) is 0 Å². The number of carboxylic acids is 2. The second-order valence-electron chi connectivity index (χ2n) is 8.98. The number of nitrogens with one attached hydrogen (secondary N) is 2. The summed E-state index contributed by atoms with van der Waals surface area (Å²) in [5, 5.41) is 22.7. The van der Waals surface area contributed by atoms with Gasteiger partial charge in [-0.25, -0.2) is 0 Å². The summed E-state index contributed by atoms with van der Waals surface area (Å²) in [6.45, 7) is 1.37. The van der Waals surface area contributed by atoms with E-state index >= 15 is 0 Å². The Bertz CT molecular complexity index is 1020. The Morgan fingerprint density at radius 1 is 1.28 bits per heavy atom. The molecule has 0 aromatic heterocycles. The van der Waals surface area contributed by atoms with E-state index in [9.17, 15) is 24.0 Å². The van der Waals surface area contributed by atoms with Gasteiger partial charge in [-0.3, -0.25) is 24.0 Å². The van der Waals surface area contributed by atoms with Crippen LogP contribution >= 0.6 is 11.8 Å². The largest absolute Gasteiger partial charge is 0.480 e. The lowest BCUT2D eigenvalue weighted by Gasteiger charge is -2.37. The average Bonchev–Trinajstić information content (AvgIpc) is 3.19. The number of carboxylic acid groups (broad SMARTS) is 2. The number of hydrogen-bond donors (Lipinski definition) is 5. The van der Waals surface area contributed by atoms with Crippen molar-refractivity contribution in [1.82, 2.24) is 10.6 Å². The molecule has 0 aromatic rings. The molecule has 2 aliphatic carbocycles. The standard InChI is InChI=1S/C24H31N3O8S/c1-2-9-24(10-8-13-4-3-5-14-19(13)20(24)35-23(14)34)36-12-16(21(31)26-11-18(29)30)27-17(28)7-6-15(25)22(32)33/h3,5,8,10,13-16H,2,4,6-7,9,11-12,25H2,1H3,(H,26,31)(H,27,28)(H,29,30)(H,32,33). The Kier molecular flexibility index (Phi) is 8.96. The first kappa shape index (κ1) is 27.5. The lowest BCUT2D eigenvalue weighted by Crippen LogP contribution is -2.50. The minimum atomic E-state index is -1.24. The molecule has 12 heteroatoms. The molecule has 6 N–H and O–H groups in total. The number of hydrogen-bond acceptors (Lipinski definition) is 8. The smallest absolute Gasteiger partial charge is 0.322 e. The Balaban J connectivity index is 1.78. The highest BCUT2D eigenvalue weighted by Gasteiger charge is 2.49. The highest BCUT2D eigenvalue weighted by atomic mass is 32.2. The van der Waals surface area contributed by atoms with E-state index in [1.54, 1.807) is 0 Å². The summed E-state index contributed by atoms with van der Waals surface area (Å²) in [5.41, 5.74) is 6.39. The maximum absolute atomic E-state index is 12.8. The number of carbonyl (C=O) groups is 5. The molecule has 2 amide bonds. The number of nitrogens with two attached hydrogens (primary N) is 1. The van der Waals surface area contributed by atoms with Gasteiger partial charge in [0.25, 0.3) is 0 Å². The van der Waals surface area contributed by atoms with Gasteiger partial charge < -0.3 is 31.3 Å². The number of carbonyl (C=O) groups excluding carboxylic acids is 3. The Morgan fingerprint density at radius 2 is 2.03 bits per heavy atom. The van der Waals surface area contributed by atoms with Crippen LogP contribution in [0, 0.1) is 11.8 Å². The quantitative estimate of drug-likeness (QED) is 0.171. The SMILES string of the molecule is CCCC1(SCC(NC(=O)CCC(N)C(=O)O)C(=O)NCC(=O)O)C=CC2CC=CC3C(=O)OC1=C23. The maximum atomic E-state index is 12.8. The minimum Gasteiger partial charge on any atom is -0.480 e. The van der Waals surface area contributed by atoms with Crippen LogP contribution in [0.1, 0.15) is 39.0 Å². The number of esters is 1. The van der Waals surface area contributed by atoms with Crippen LogP contribution in [0.15, 0.2) is 35.6 Å². The number of allylic oxidation sites excluding steroid dienone is 2. The van der Waals surface area contributed by atoms with Crippen molar-refractivity contribution in [3.63, 3.8) is 0 Å².